The molecule has 1 heterocycles. The molecule has 0 unspecified atom stereocenters. The number of nitrogens with two attached hydrogens (primary N) is 1. The maximum Gasteiger partial charge on any atom is 0.263 e. The molecule has 7 nitrogen and oxygen atoms in total. The molecule has 2 aromatic rings. The highest BCUT2D eigenvalue weighted by atomic mass is 19.1. The topological polar surface area (TPSA) is 113 Å². The minimum absolute atomic E-state index is 0.276. The highest BCUT2D eigenvalue weighted by Gasteiger charge is 2.42. The monoisotopic (exact) mass is 443 g/mol. The first kappa shape index (κ1) is 23.2. The lowest BCUT2D eigenvalue weighted by atomic mass is 9.94. The first-order chi connectivity index (χ1) is 15.2. The Kier molecular flexibility index (Phi) is 7.12. The molecule has 0 spiro atoms. The summed E-state index contributed by atoms with van der Waals surface area (Å²) in [7, 11) is 0. The van der Waals surface area contributed by atoms with Crippen molar-refractivity contribution < 1.29 is 28.3 Å². The zero-order valence-electron chi connectivity index (χ0n) is 17.3. The SMILES string of the molecule is C[C@H](N)C(=O)N(C(=O)[C@@H](O)c1cc(F)cc(F)c1)[C@@H]1C(=O)NCCC=C1c1ccccc1. The van der Waals surface area contributed by atoms with E-state index in [1.807, 2.05) is 0 Å². The standard InChI is InChI=1S/C23H23F2N3O4/c1-13(26)22(31)28(23(32)20(29)15-10-16(24)12-17(25)11-15)19-18(8-5-9-27-21(19)30)14-6-3-2-4-7-14/h2-4,6-8,10-13,19-20,29H,5,9,26H2,1H3,(H,27,30)/t13-,19-,20-/m0/s1. The zero-order chi connectivity index (χ0) is 23.4. The number of aliphatic hydroxyl groups is 1. The van der Waals surface area contributed by atoms with Crippen LogP contribution in [0.2, 0.25) is 0 Å². The van der Waals surface area contributed by atoms with E-state index in [4.69, 9.17) is 5.73 Å². The second-order valence-electron chi connectivity index (χ2n) is 7.45. The van der Waals surface area contributed by atoms with E-state index in [-0.39, 0.29) is 6.54 Å². The molecule has 1 aliphatic rings. The molecule has 0 aromatic heterocycles. The molecule has 9 heteroatoms. The number of benzene rings is 2. The summed E-state index contributed by atoms with van der Waals surface area (Å²) < 4.78 is 27.3. The fraction of sp³-hybridized carbons (Fsp3) is 0.261. The Morgan fingerprint density at radius 3 is 2.34 bits per heavy atom. The first-order valence-electron chi connectivity index (χ1n) is 10.0. The summed E-state index contributed by atoms with van der Waals surface area (Å²) in [5, 5.41) is 13.3. The maximum atomic E-state index is 13.7. The summed E-state index contributed by atoms with van der Waals surface area (Å²) >= 11 is 0. The number of rotatable bonds is 5. The molecule has 1 aliphatic heterocycles. The molecule has 3 rings (SSSR count). The third-order valence-corrected chi connectivity index (χ3v) is 5.02. The van der Waals surface area contributed by atoms with Gasteiger partial charge in [-0.15, -0.1) is 0 Å². The Morgan fingerprint density at radius 1 is 1.12 bits per heavy atom. The van der Waals surface area contributed by atoms with Crippen molar-refractivity contribution in [3.63, 3.8) is 0 Å². The lowest BCUT2D eigenvalue weighted by Crippen LogP contribution is -2.57. The lowest BCUT2D eigenvalue weighted by Gasteiger charge is -2.33. The van der Waals surface area contributed by atoms with Gasteiger partial charge in [-0.25, -0.2) is 8.78 Å². The summed E-state index contributed by atoms with van der Waals surface area (Å²) in [6.07, 6.45) is 0.0651. The maximum absolute atomic E-state index is 13.7. The summed E-state index contributed by atoms with van der Waals surface area (Å²) in [6.45, 7) is 1.61. The summed E-state index contributed by atoms with van der Waals surface area (Å²) in [5.41, 5.74) is 6.32. The third kappa shape index (κ3) is 4.90. The van der Waals surface area contributed by atoms with Gasteiger partial charge in [0.05, 0.1) is 6.04 Å². The van der Waals surface area contributed by atoms with Gasteiger partial charge in [0.1, 0.15) is 17.7 Å². The van der Waals surface area contributed by atoms with Crippen LogP contribution in [0.25, 0.3) is 5.57 Å². The highest BCUT2D eigenvalue weighted by molar-refractivity contribution is 6.08. The van der Waals surface area contributed by atoms with Gasteiger partial charge in [0, 0.05) is 12.6 Å². The fourth-order valence-electron chi connectivity index (χ4n) is 3.53. The van der Waals surface area contributed by atoms with Gasteiger partial charge in [0.25, 0.3) is 5.91 Å². The third-order valence-electron chi connectivity index (χ3n) is 5.02. The largest absolute Gasteiger partial charge is 0.378 e. The van der Waals surface area contributed by atoms with Crippen LogP contribution in [-0.2, 0) is 14.4 Å². The quantitative estimate of drug-likeness (QED) is 0.651. The van der Waals surface area contributed by atoms with E-state index in [0.29, 0.717) is 28.5 Å². The number of carbonyl (C=O) groups excluding carboxylic acids is 3. The van der Waals surface area contributed by atoms with Gasteiger partial charge in [-0.3, -0.25) is 19.3 Å². The van der Waals surface area contributed by atoms with Gasteiger partial charge in [0.15, 0.2) is 6.10 Å². The predicted octanol–water partition coefficient (Wildman–Crippen LogP) is 1.67. The van der Waals surface area contributed by atoms with Crippen LogP contribution in [0.4, 0.5) is 8.78 Å². The van der Waals surface area contributed by atoms with E-state index in [1.165, 1.54) is 6.92 Å². The van der Waals surface area contributed by atoms with Crippen molar-refractivity contribution in [3.8, 4) is 0 Å². The average molecular weight is 443 g/mol. The van der Waals surface area contributed by atoms with Crippen molar-refractivity contribution in [3.05, 3.63) is 77.4 Å². The number of nitrogens with one attached hydrogen (secondary N) is 1. The number of amides is 3. The molecule has 3 atom stereocenters. The Hall–Kier alpha value is -3.43. The molecule has 0 bridgehead atoms. The number of imide groups is 1. The van der Waals surface area contributed by atoms with Gasteiger partial charge < -0.3 is 16.2 Å². The number of aliphatic hydroxyl groups excluding tert-OH is 1. The molecule has 32 heavy (non-hydrogen) atoms. The molecule has 0 fully saturated rings. The average Bonchev–Trinajstić information content (AvgIpc) is 2.95. The Labute approximate surface area is 183 Å². The Balaban J connectivity index is 2.11. The van der Waals surface area contributed by atoms with Crippen LogP contribution in [0.3, 0.4) is 0 Å². The predicted molar refractivity (Wildman–Crippen MR) is 113 cm³/mol. The summed E-state index contributed by atoms with van der Waals surface area (Å²) in [4.78, 5) is 39.9. The van der Waals surface area contributed by atoms with Crippen molar-refractivity contribution in [1.29, 1.82) is 0 Å². The van der Waals surface area contributed by atoms with E-state index >= 15 is 0 Å². The van der Waals surface area contributed by atoms with Gasteiger partial charge in [0.2, 0.25) is 11.8 Å². The van der Waals surface area contributed by atoms with Crippen LogP contribution in [0.15, 0.2) is 54.6 Å². The van der Waals surface area contributed by atoms with E-state index in [0.717, 1.165) is 12.1 Å². The molecule has 0 aliphatic carbocycles. The molecule has 4 N–H and O–H groups in total. The fourth-order valence-corrected chi connectivity index (χ4v) is 3.53. The molecule has 2 aromatic carbocycles. The molecule has 168 valence electrons. The van der Waals surface area contributed by atoms with Gasteiger partial charge in [-0.05, 0) is 42.2 Å². The molecular formula is C23H23F2N3O4. The second-order valence-corrected chi connectivity index (χ2v) is 7.45. The smallest absolute Gasteiger partial charge is 0.263 e. The van der Waals surface area contributed by atoms with Crippen LogP contribution in [0.5, 0.6) is 0 Å². The lowest BCUT2D eigenvalue weighted by molar-refractivity contribution is -0.156. The zero-order valence-corrected chi connectivity index (χ0v) is 17.3. The molecule has 0 saturated heterocycles. The van der Waals surface area contributed by atoms with Crippen LogP contribution in [0, 0.1) is 11.6 Å². The van der Waals surface area contributed by atoms with Crippen molar-refractivity contribution in [2.45, 2.75) is 31.5 Å². The number of nitrogens with zero attached hydrogens (tertiary/aromatic N) is 1. The van der Waals surface area contributed by atoms with Gasteiger partial charge in [-0.2, -0.15) is 0 Å². The van der Waals surface area contributed by atoms with Crippen LogP contribution in [-0.4, -0.2) is 46.4 Å². The van der Waals surface area contributed by atoms with Crippen molar-refractivity contribution in [2.75, 3.05) is 6.54 Å². The van der Waals surface area contributed by atoms with Crippen LogP contribution in [0.1, 0.15) is 30.6 Å². The Morgan fingerprint density at radius 2 is 1.75 bits per heavy atom. The van der Waals surface area contributed by atoms with Gasteiger partial charge >= 0.3 is 0 Å². The van der Waals surface area contributed by atoms with Crippen LogP contribution >= 0.6 is 0 Å². The van der Waals surface area contributed by atoms with Gasteiger partial charge in [-0.1, -0.05) is 36.4 Å². The van der Waals surface area contributed by atoms with Crippen LogP contribution < -0.4 is 11.1 Å². The number of hydrogen-bond donors (Lipinski definition) is 3. The number of carbonyl (C=O) groups is 3. The second kappa shape index (κ2) is 9.80. The van der Waals surface area contributed by atoms with Crippen molar-refractivity contribution in [2.24, 2.45) is 5.73 Å². The first-order valence-corrected chi connectivity index (χ1v) is 10.0. The minimum Gasteiger partial charge on any atom is -0.378 e. The minimum atomic E-state index is -2.10. The van der Waals surface area contributed by atoms with E-state index in [1.54, 1.807) is 36.4 Å². The molecule has 0 radical (unpaired) electrons. The number of hydrogen-bond acceptors (Lipinski definition) is 5. The van der Waals surface area contributed by atoms with Crippen molar-refractivity contribution in [1.82, 2.24) is 10.2 Å². The van der Waals surface area contributed by atoms with E-state index in [9.17, 15) is 28.3 Å². The summed E-state index contributed by atoms with van der Waals surface area (Å²) in [5.74, 6) is -4.79. The molecule has 0 saturated carbocycles. The number of halogens is 2. The van der Waals surface area contributed by atoms with E-state index in [2.05, 4.69) is 5.32 Å². The molecular weight excluding hydrogens is 420 g/mol. The van der Waals surface area contributed by atoms with E-state index < -0.39 is 53.1 Å². The normalized spacial score (nSPS) is 18.1. The Bertz CT molecular complexity index is 1040. The summed E-state index contributed by atoms with van der Waals surface area (Å²) in [6, 6.07) is 8.20. The highest BCUT2D eigenvalue weighted by Crippen LogP contribution is 2.29. The molecule has 3 amide bonds. The van der Waals surface area contributed by atoms with Crippen molar-refractivity contribution >= 4 is 23.3 Å².